The van der Waals surface area contributed by atoms with E-state index in [1.54, 1.807) is 24.3 Å². The van der Waals surface area contributed by atoms with Gasteiger partial charge in [-0.15, -0.1) is 0 Å². The van der Waals surface area contributed by atoms with Crippen molar-refractivity contribution in [2.45, 2.75) is 19.8 Å². The lowest BCUT2D eigenvalue weighted by atomic mass is 10.1. The molecule has 0 fully saturated rings. The van der Waals surface area contributed by atoms with Crippen molar-refractivity contribution in [1.82, 2.24) is 0 Å². The van der Waals surface area contributed by atoms with Crippen molar-refractivity contribution in [3.63, 3.8) is 0 Å². The molecule has 0 spiro atoms. The Morgan fingerprint density at radius 1 is 1.16 bits per heavy atom. The molecule has 2 rings (SSSR count). The van der Waals surface area contributed by atoms with Crippen LogP contribution in [0.1, 0.15) is 24.5 Å². The molecule has 1 N–H and O–H groups in total. The average molecular weight is 406 g/mol. The first-order valence-corrected chi connectivity index (χ1v) is 8.76. The van der Waals surface area contributed by atoms with Crippen LogP contribution in [-0.2, 0) is 16.1 Å². The highest BCUT2D eigenvalue weighted by Gasteiger charge is 2.03. The summed E-state index contributed by atoms with van der Waals surface area (Å²) in [6.45, 7) is 2.66. The second kappa shape index (κ2) is 9.84. The van der Waals surface area contributed by atoms with Gasteiger partial charge in [0.2, 0.25) is 0 Å². The lowest BCUT2D eigenvalue weighted by Crippen LogP contribution is -2.07. The van der Waals surface area contributed by atoms with Crippen LogP contribution in [0.15, 0.2) is 58.2 Å². The number of benzene rings is 2. The zero-order valence-corrected chi connectivity index (χ0v) is 15.5. The zero-order chi connectivity index (χ0) is 18.1. The van der Waals surface area contributed by atoms with E-state index >= 15 is 0 Å². The number of aliphatic carboxylic acids is 1. The van der Waals surface area contributed by atoms with Crippen molar-refractivity contribution in [2.24, 2.45) is 5.16 Å². The van der Waals surface area contributed by atoms with Crippen LogP contribution in [0.5, 0.6) is 5.75 Å². The number of nitrogens with zero attached hydrogens (tertiary/aromatic N) is 1. The summed E-state index contributed by atoms with van der Waals surface area (Å²) in [4.78, 5) is 16.1. The number of ether oxygens (including phenoxy) is 1. The molecular weight excluding hydrogens is 386 g/mol. The molecule has 0 aliphatic carbocycles. The van der Waals surface area contributed by atoms with E-state index in [1.807, 2.05) is 31.2 Å². The van der Waals surface area contributed by atoms with E-state index < -0.39 is 5.97 Å². The monoisotopic (exact) mass is 405 g/mol. The fraction of sp³-hybridized carbons (Fsp3) is 0.263. The third-order valence-electron chi connectivity index (χ3n) is 3.38. The molecule has 6 heteroatoms. The molecule has 0 aliphatic heterocycles. The minimum Gasteiger partial charge on any atom is -0.490 e. The van der Waals surface area contributed by atoms with E-state index in [1.165, 1.54) is 0 Å². The van der Waals surface area contributed by atoms with Crippen molar-refractivity contribution < 1.29 is 19.5 Å². The number of carbonyl (C=O) groups is 1. The van der Waals surface area contributed by atoms with Crippen LogP contribution in [-0.4, -0.2) is 30.0 Å². The normalized spacial score (nSPS) is 11.2. The summed E-state index contributed by atoms with van der Waals surface area (Å²) in [5.74, 6) is -0.246. The van der Waals surface area contributed by atoms with Gasteiger partial charge in [0.1, 0.15) is 12.4 Å². The summed E-state index contributed by atoms with van der Waals surface area (Å²) in [5.41, 5.74) is 2.59. The molecule has 0 bridgehead atoms. The standard InChI is InChI=1S/C19H20BrNO4/c1-2-18(15-6-8-16(20)9-7-15)21-25-11-10-24-17-5-3-4-14(12-17)13-19(22)23/h3-9,12H,2,10-11,13H2,1H3,(H,22,23)/b21-18+. The van der Waals surface area contributed by atoms with E-state index in [4.69, 9.17) is 14.7 Å². The van der Waals surface area contributed by atoms with Gasteiger partial charge < -0.3 is 14.7 Å². The number of carboxylic acid groups (broad SMARTS) is 1. The fourth-order valence-electron chi connectivity index (χ4n) is 2.20. The summed E-state index contributed by atoms with van der Waals surface area (Å²) in [7, 11) is 0. The Labute approximate surface area is 155 Å². The summed E-state index contributed by atoms with van der Waals surface area (Å²) < 4.78 is 6.59. The van der Waals surface area contributed by atoms with Crippen LogP contribution in [0.2, 0.25) is 0 Å². The minimum atomic E-state index is -0.866. The molecule has 0 aromatic heterocycles. The number of halogens is 1. The molecule has 0 heterocycles. The molecule has 0 amide bonds. The first-order valence-electron chi connectivity index (χ1n) is 7.96. The smallest absolute Gasteiger partial charge is 0.307 e. The molecule has 5 nitrogen and oxygen atoms in total. The molecule has 0 saturated carbocycles. The predicted molar refractivity (Wildman–Crippen MR) is 100 cm³/mol. The van der Waals surface area contributed by atoms with Crippen LogP contribution < -0.4 is 4.74 Å². The molecule has 0 unspecified atom stereocenters. The van der Waals surface area contributed by atoms with Gasteiger partial charge in [-0.1, -0.05) is 52.3 Å². The van der Waals surface area contributed by atoms with Crippen LogP contribution >= 0.6 is 15.9 Å². The molecular formula is C19H20BrNO4. The maximum absolute atomic E-state index is 10.7. The third-order valence-corrected chi connectivity index (χ3v) is 3.91. The van der Waals surface area contributed by atoms with E-state index in [0.29, 0.717) is 24.5 Å². The van der Waals surface area contributed by atoms with Gasteiger partial charge in [-0.25, -0.2) is 0 Å². The van der Waals surface area contributed by atoms with Crippen LogP contribution in [0.25, 0.3) is 0 Å². The Morgan fingerprint density at radius 3 is 2.60 bits per heavy atom. The van der Waals surface area contributed by atoms with Crippen LogP contribution in [0, 0.1) is 0 Å². The Kier molecular flexibility index (Phi) is 7.47. The Balaban J connectivity index is 1.82. The van der Waals surface area contributed by atoms with E-state index in [-0.39, 0.29) is 6.42 Å². The van der Waals surface area contributed by atoms with Crippen molar-refractivity contribution in [3.8, 4) is 5.75 Å². The number of hydrogen-bond donors (Lipinski definition) is 1. The molecule has 2 aromatic carbocycles. The highest BCUT2D eigenvalue weighted by molar-refractivity contribution is 9.10. The van der Waals surface area contributed by atoms with Crippen molar-refractivity contribution in [2.75, 3.05) is 13.2 Å². The van der Waals surface area contributed by atoms with Gasteiger partial charge >= 0.3 is 5.97 Å². The van der Waals surface area contributed by atoms with Gasteiger partial charge in [0.05, 0.1) is 12.1 Å². The first kappa shape index (κ1) is 19.0. The molecule has 0 atom stereocenters. The van der Waals surface area contributed by atoms with Gasteiger partial charge in [-0.2, -0.15) is 0 Å². The SMILES string of the molecule is CC/C(=N\OCCOc1cccc(CC(=O)O)c1)c1ccc(Br)cc1. The molecule has 0 aliphatic rings. The zero-order valence-electron chi connectivity index (χ0n) is 13.9. The van der Waals surface area contributed by atoms with Gasteiger partial charge in [-0.3, -0.25) is 4.79 Å². The summed E-state index contributed by atoms with van der Waals surface area (Å²) >= 11 is 3.41. The topological polar surface area (TPSA) is 68.1 Å². The summed E-state index contributed by atoms with van der Waals surface area (Å²) in [6, 6.07) is 14.9. The third kappa shape index (κ3) is 6.58. The predicted octanol–water partition coefficient (Wildman–Crippen LogP) is 4.29. The second-order valence-electron chi connectivity index (χ2n) is 5.30. The van der Waals surface area contributed by atoms with Gasteiger partial charge in [0.25, 0.3) is 0 Å². The maximum atomic E-state index is 10.7. The van der Waals surface area contributed by atoms with Crippen LogP contribution in [0.4, 0.5) is 0 Å². The van der Waals surface area contributed by atoms with Crippen LogP contribution in [0.3, 0.4) is 0 Å². The average Bonchev–Trinajstić information content (AvgIpc) is 2.59. The van der Waals surface area contributed by atoms with E-state index in [2.05, 4.69) is 21.1 Å². The molecule has 132 valence electrons. The molecule has 0 saturated heterocycles. The Hall–Kier alpha value is -2.34. The van der Waals surface area contributed by atoms with Gasteiger partial charge in [0.15, 0.2) is 6.61 Å². The minimum absolute atomic E-state index is 0.0228. The first-order chi connectivity index (χ1) is 12.1. The van der Waals surface area contributed by atoms with E-state index in [9.17, 15) is 4.79 Å². The second-order valence-corrected chi connectivity index (χ2v) is 6.21. The molecule has 0 radical (unpaired) electrons. The maximum Gasteiger partial charge on any atom is 0.307 e. The Bertz CT molecular complexity index is 728. The summed E-state index contributed by atoms with van der Waals surface area (Å²) in [5, 5.41) is 13.0. The van der Waals surface area contributed by atoms with Crippen molar-refractivity contribution in [3.05, 3.63) is 64.1 Å². The lowest BCUT2D eigenvalue weighted by Gasteiger charge is -2.08. The number of oxime groups is 1. The number of carboxylic acids is 1. The Morgan fingerprint density at radius 2 is 1.92 bits per heavy atom. The number of rotatable bonds is 9. The highest BCUT2D eigenvalue weighted by Crippen LogP contribution is 2.14. The van der Waals surface area contributed by atoms with Gasteiger partial charge in [0, 0.05) is 4.47 Å². The van der Waals surface area contributed by atoms with Crippen molar-refractivity contribution in [1.29, 1.82) is 0 Å². The van der Waals surface area contributed by atoms with Gasteiger partial charge in [-0.05, 0) is 41.8 Å². The highest BCUT2D eigenvalue weighted by atomic mass is 79.9. The fourth-order valence-corrected chi connectivity index (χ4v) is 2.47. The van der Waals surface area contributed by atoms with E-state index in [0.717, 1.165) is 22.2 Å². The largest absolute Gasteiger partial charge is 0.490 e. The lowest BCUT2D eigenvalue weighted by molar-refractivity contribution is -0.136. The quantitative estimate of drug-likeness (QED) is 0.383. The molecule has 2 aromatic rings. The number of hydrogen-bond acceptors (Lipinski definition) is 4. The molecule has 25 heavy (non-hydrogen) atoms. The summed E-state index contributed by atoms with van der Waals surface area (Å²) in [6.07, 6.45) is 0.741. The van der Waals surface area contributed by atoms with Crippen molar-refractivity contribution >= 4 is 27.6 Å².